The summed E-state index contributed by atoms with van der Waals surface area (Å²) in [7, 11) is -1.94. The van der Waals surface area contributed by atoms with Gasteiger partial charge in [0.25, 0.3) is 10.0 Å². The molecule has 3 rings (SSSR count). The molecule has 0 bridgehead atoms. The largest absolute Gasteiger partial charge is 0.497 e. The van der Waals surface area contributed by atoms with Gasteiger partial charge >= 0.3 is 5.97 Å². The highest BCUT2D eigenvalue weighted by molar-refractivity contribution is 7.90. The third-order valence-corrected chi connectivity index (χ3v) is 5.40. The lowest BCUT2D eigenvalue weighted by atomic mass is 10.2. The second-order valence-corrected chi connectivity index (χ2v) is 7.61. The molecule has 0 saturated heterocycles. The second kappa shape index (κ2) is 8.71. The van der Waals surface area contributed by atoms with Crippen LogP contribution in [0.25, 0.3) is 6.08 Å². The van der Waals surface area contributed by atoms with Crippen molar-refractivity contribution in [3.8, 4) is 5.75 Å². The molecule has 1 heterocycles. The minimum atomic E-state index is -3.53. The van der Waals surface area contributed by atoms with E-state index in [2.05, 4.69) is 9.71 Å². The highest BCUT2D eigenvalue weighted by Gasteiger charge is 2.29. The van der Waals surface area contributed by atoms with Gasteiger partial charge in [0, 0.05) is 24.6 Å². The van der Waals surface area contributed by atoms with Gasteiger partial charge in [-0.2, -0.15) is 0 Å². The summed E-state index contributed by atoms with van der Waals surface area (Å²) < 4.78 is 36.6. The predicted molar refractivity (Wildman–Crippen MR) is 106 cm³/mol. The van der Waals surface area contributed by atoms with Gasteiger partial charge in [-0.25, -0.2) is 13.2 Å². The normalized spacial score (nSPS) is 16.0. The first-order valence-electron chi connectivity index (χ1n) is 8.65. The lowest BCUT2D eigenvalue weighted by Crippen LogP contribution is -2.22. The fraction of sp³-hybridized carbons (Fsp3) is 0.200. The van der Waals surface area contributed by atoms with Gasteiger partial charge in [0.15, 0.2) is 0 Å². The van der Waals surface area contributed by atoms with Crippen LogP contribution >= 0.6 is 0 Å². The summed E-state index contributed by atoms with van der Waals surface area (Å²) in [4.78, 5) is 16.2. The summed E-state index contributed by atoms with van der Waals surface area (Å²) in [6, 6.07) is 13.9. The fourth-order valence-electron chi connectivity index (χ4n) is 2.61. The number of hydrogen-bond acceptors (Lipinski definition) is 6. The maximum atomic E-state index is 12.0. The number of carbonyl (C=O) groups excluding carboxylic acids is 1. The van der Waals surface area contributed by atoms with Crippen LogP contribution in [0.2, 0.25) is 0 Å². The van der Waals surface area contributed by atoms with Crippen LogP contribution in [0.1, 0.15) is 17.5 Å². The van der Waals surface area contributed by atoms with Crippen molar-refractivity contribution in [3.05, 3.63) is 65.7 Å². The first-order chi connectivity index (χ1) is 13.5. The molecule has 2 aromatic carbocycles. The lowest BCUT2D eigenvalue weighted by molar-refractivity contribution is -0.137. The van der Waals surface area contributed by atoms with Crippen molar-refractivity contribution in [2.75, 3.05) is 20.3 Å². The van der Waals surface area contributed by atoms with E-state index in [4.69, 9.17) is 9.47 Å². The number of nitrogens with one attached hydrogen (secondary N) is 1. The number of fused-ring (bicyclic) bond motifs is 1. The number of methoxy groups -OCH3 is 1. The van der Waals surface area contributed by atoms with E-state index in [9.17, 15) is 13.2 Å². The topological polar surface area (TPSA) is 94.1 Å². The molecule has 28 heavy (non-hydrogen) atoms. The van der Waals surface area contributed by atoms with Crippen LogP contribution in [-0.2, 0) is 19.6 Å². The Morgan fingerprint density at radius 2 is 1.89 bits per heavy atom. The molecule has 0 aliphatic carbocycles. The SMILES string of the molecule is COc1ccc(/C=C/C(=O)OCCCN=C2NS(=O)(=O)c3ccccc32)cc1. The van der Waals surface area contributed by atoms with Gasteiger partial charge in [-0.3, -0.25) is 9.71 Å². The smallest absolute Gasteiger partial charge is 0.330 e. The molecule has 1 aliphatic heterocycles. The molecule has 1 aliphatic rings. The Bertz CT molecular complexity index is 1010. The Balaban J connectivity index is 1.45. The van der Waals surface area contributed by atoms with E-state index < -0.39 is 16.0 Å². The molecule has 0 spiro atoms. The zero-order chi connectivity index (χ0) is 20.0. The molecule has 8 heteroatoms. The van der Waals surface area contributed by atoms with Crippen molar-refractivity contribution in [2.24, 2.45) is 4.99 Å². The Morgan fingerprint density at radius 3 is 2.64 bits per heavy atom. The molecule has 0 saturated carbocycles. The van der Waals surface area contributed by atoms with Crippen LogP contribution in [0.3, 0.4) is 0 Å². The first-order valence-corrected chi connectivity index (χ1v) is 10.1. The van der Waals surface area contributed by atoms with E-state index in [0.29, 0.717) is 24.4 Å². The van der Waals surface area contributed by atoms with Gasteiger partial charge in [-0.05, 0) is 35.9 Å². The van der Waals surface area contributed by atoms with Crippen LogP contribution < -0.4 is 9.46 Å². The van der Waals surface area contributed by atoms with Crippen LogP contribution in [0.4, 0.5) is 0 Å². The van der Waals surface area contributed by atoms with E-state index in [-0.39, 0.29) is 11.5 Å². The molecular formula is C20H20N2O5S. The lowest BCUT2D eigenvalue weighted by Gasteiger charge is -2.02. The van der Waals surface area contributed by atoms with Crippen LogP contribution in [0.15, 0.2) is 64.5 Å². The zero-order valence-electron chi connectivity index (χ0n) is 15.3. The third-order valence-electron chi connectivity index (χ3n) is 4.01. The predicted octanol–water partition coefficient (Wildman–Crippen LogP) is 2.38. The number of rotatable bonds is 7. The number of aliphatic imine (C=N–C) groups is 1. The average molecular weight is 400 g/mol. The number of hydrogen-bond donors (Lipinski definition) is 1. The first kappa shape index (κ1) is 19.6. The van der Waals surface area contributed by atoms with E-state index >= 15 is 0 Å². The van der Waals surface area contributed by atoms with E-state index in [1.54, 1.807) is 43.5 Å². The molecule has 0 unspecified atom stereocenters. The van der Waals surface area contributed by atoms with Gasteiger partial charge in [0.05, 0.1) is 18.6 Å². The van der Waals surface area contributed by atoms with Crippen LogP contribution in [0.5, 0.6) is 5.75 Å². The summed E-state index contributed by atoms with van der Waals surface area (Å²) >= 11 is 0. The molecule has 0 fully saturated rings. The van der Waals surface area contributed by atoms with Crippen LogP contribution in [-0.4, -0.2) is 40.5 Å². The minimum Gasteiger partial charge on any atom is -0.497 e. The standard InChI is InChI=1S/C20H20N2O5S/c1-26-16-10-7-15(8-11-16)9-12-19(23)27-14-4-13-21-20-17-5-2-3-6-18(17)28(24,25)22-20/h2-3,5-12H,4,13-14H2,1H3,(H,21,22)/b12-9+. The van der Waals surface area contributed by atoms with Crippen molar-refractivity contribution < 1.29 is 22.7 Å². The molecule has 146 valence electrons. The van der Waals surface area contributed by atoms with E-state index in [0.717, 1.165) is 11.3 Å². The number of amidine groups is 1. The maximum absolute atomic E-state index is 12.0. The Kier molecular flexibility index (Phi) is 6.10. The maximum Gasteiger partial charge on any atom is 0.330 e. The van der Waals surface area contributed by atoms with Crippen molar-refractivity contribution in [1.82, 2.24) is 4.72 Å². The third kappa shape index (κ3) is 4.77. The summed E-state index contributed by atoms with van der Waals surface area (Å²) in [5, 5.41) is 0. The summed E-state index contributed by atoms with van der Waals surface area (Å²) in [6.45, 7) is 0.526. The fourth-order valence-corrected chi connectivity index (χ4v) is 3.86. The van der Waals surface area contributed by atoms with Crippen molar-refractivity contribution >= 4 is 27.9 Å². The van der Waals surface area contributed by atoms with Gasteiger partial charge in [0.2, 0.25) is 0 Å². The van der Waals surface area contributed by atoms with Gasteiger partial charge in [-0.1, -0.05) is 24.3 Å². The van der Waals surface area contributed by atoms with Gasteiger partial charge in [-0.15, -0.1) is 0 Å². The molecule has 0 amide bonds. The molecule has 1 N–H and O–H groups in total. The Hall–Kier alpha value is -3.13. The number of nitrogens with zero attached hydrogens (tertiary/aromatic N) is 1. The van der Waals surface area contributed by atoms with Crippen LogP contribution in [0, 0.1) is 0 Å². The average Bonchev–Trinajstić information content (AvgIpc) is 2.97. The number of esters is 1. The molecule has 0 aromatic heterocycles. The van der Waals surface area contributed by atoms with Crippen molar-refractivity contribution in [1.29, 1.82) is 0 Å². The highest BCUT2D eigenvalue weighted by Crippen LogP contribution is 2.22. The molecule has 2 aromatic rings. The second-order valence-electron chi connectivity index (χ2n) is 5.96. The van der Waals surface area contributed by atoms with Crippen molar-refractivity contribution in [3.63, 3.8) is 0 Å². The summed E-state index contributed by atoms with van der Waals surface area (Å²) in [6.07, 6.45) is 3.50. The summed E-state index contributed by atoms with van der Waals surface area (Å²) in [5.74, 6) is 0.616. The highest BCUT2D eigenvalue weighted by atomic mass is 32.2. The Labute approximate surface area is 163 Å². The van der Waals surface area contributed by atoms with Gasteiger partial charge in [0.1, 0.15) is 11.6 Å². The van der Waals surface area contributed by atoms with E-state index in [1.807, 2.05) is 12.1 Å². The summed E-state index contributed by atoms with van der Waals surface area (Å²) in [5.41, 5.74) is 1.42. The molecule has 7 nitrogen and oxygen atoms in total. The number of benzene rings is 2. The quantitative estimate of drug-likeness (QED) is 0.438. The Morgan fingerprint density at radius 1 is 1.14 bits per heavy atom. The number of carbonyl (C=O) groups is 1. The molecule has 0 atom stereocenters. The molecular weight excluding hydrogens is 380 g/mol. The zero-order valence-corrected chi connectivity index (χ0v) is 16.1. The van der Waals surface area contributed by atoms with E-state index in [1.165, 1.54) is 12.1 Å². The minimum absolute atomic E-state index is 0.191. The number of sulfonamides is 1. The molecule has 0 radical (unpaired) electrons. The van der Waals surface area contributed by atoms with Gasteiger partial charge < -0.3 is 9.47 Å². The number of ether oxygens (including phenoxy) is 2. The van der Waals surface area contributed by atoms with Crippen molar-refractivity contribution in [2.45, 2.75) is 11.3 Å². The monoisotopic (exact) mass is 400 g/mol.